The largest absolute Gasteiger partial charge is 0.511 e. The van der Waals surface area contributed by atoms with Crippen LogP contribution in [0.5, 0.6) is 5.75 Å². The lowest BCUT2D eigenvalue weighted by Crippen LogP contribution is -2.53. The smallest absolute Gasteiger partial charge is 0.255 e. The van der Waals surface area contributed by atoms with Crippen LogP contribution in [0.3, 0.4) is 0 Å². The molecule has 2 aliphatic heterocycles. The number of Topliss-reactive ketones (excluding diaryl/α,β-unsaturated/α-hetero) is 2. The van der Waals surface area contributed by atoms with E-state index in [4.69, 9.17) is 10.5 Å². The Morgan fingerprint density at radius 2 is 1.66 bits per heavy atom. The number of nitrogens with two attached hydrogens (primary N) is 1. The Morgan fingerprint density at radius 1 is 1.02 bits per heavy atom. The van der Waals surface area contributed by atoms with E-state index in [0.29, 0.717) is 36.6 Å². The molecule has 1 amide bonds. The van der Waals surface area contributed by atoms with E-state index in [1.807, 2.05) is 25.1 Å². The third kappa shape index (κ3) is 5.72. The monoisotopic (exact) mass is 651 g/mol. The van der Waals surface area contributed by atoms with Crippen LogP contribution in [0.1, 0.15) is 54.6 Å². The van der Waals surface area contributed by atoms with Crippen LogP contribution in [-0.4, -0.2) is 126 Å². The number of benzene rings is 1. The summed E-state index contributed by atoms with van der Waals surface area (Å²) in [5.41, 5.74) is 7.40. The molecule has 5 unspecified atom stereocenters. The number of phenols is 1. The number of nitrogens with zero attached hydrogens (tertiary/aromatic N) is 4. The van der Waals surface area contributed by atoms with Crippen molar-refractivity contribution in [3.05, 3.63) is 45.4 Å². The van der Waals surface area contributed by atoms with E-state index in [1.165, 1.54) is 0 Å². The summed E-state index contributed by atoms with van der Waals surface area (Å²) in [5, 5.41) is 34.4. The number of fused-ring (bicyclic) bond motifs is 3. The number of morpholine rings is 1. The number of allylic oxidation sites excluding steroid dienone is 2. The van der Waals surface area contributed by atoms with Crippen molar-refractivity contribution in [2.24, 2.45) is 23.5 Å². The molecule has 5 aliphatic rings. The summed E-state index contributed by atoms with van der Waals surface area (Å²) in [6.07, 6.45) is 3.15. The van der Waals surface area contributed by atoms with Gasteiger partial charge >= 0.3 is 0 Å². The minimum atomic E-state index is -1.20. The highest BCUT2D eigenvalue weighted by Gasteiger charge is 2.54. The maximum absolute atomic E-state index is 14.3. The quantitative estimate of drug-likeness (QED) is 0.334. The number of ether oxygens (including phenoxy) is 1. The molecule has 5 N–H and O–H groups in total. The number of hydrogen-bond acceptors (Lipinski definition) is 11. The maximum Gasteiger partial charge on any atom is 0.255 e. The van der Waals surface area contributed by atoms with Gasteiger partial charge in [0.05, 0.1) is 29.7 Å². The predicted octanol–water partition coefficient (Wildman–Crippen LogP) is 2.15. The van der Waals surface area contributed by atoms with Crippen molar-refractivity contribution in [3.8, 4) is 5.75 Å². The van der Waals surface area contributed by atoms with Crippen molar-refractivity contribution in [2.45, 2.75) is 70.4 Å². The number of likely N-dealkylation sites (tertiary alicyclic amines) is 1. The molecule has 0 spiro atoms. The van der Waals surface area contributed by atoms with Gasteiger partial charge in [0.15, 0.2) is 11.6 Å². The number of amides is 1. The summed E-state index contributed by atoms with van der Waals surface area (Å²) in [5.74, 6) is -5.46. The third-order valence-corrected chi connectivity index (χ3v) is 11.0. The van der Waals surface area contributed by atoms with E-state index in [1.54, 1.807) is 19.0 Å². The minimum absolute atomic E-state index is 0.0917. The zero-order valence-electron chi connectivity index (χ0n) is 28.3. The van der Waals surface area contributed by atoms with Gasteiger partial charge < -0.3 is 30.7 Å². The van der Waals surface area contributed by atoms with Gasteiger partial charge in [-0.25, -0.2) is 0 Å². The molecule has 2 heterocycles. The Balaban J connectivity index is 1.31. The SMILES string of the molecule is CC1CN(C2CCN(Cc3cc(N(C)C)c4c(c3O)C(=O)C3=C(O)C5C(=O)C(C(N)=O)=C(O)[C@@H](N(C)C)C5CC3C4)CC2)CC(C)O1. The molecule has 6 rings (SSSR count). The second kappa shape index (κ2) is 12.5. The molecule has 1 aromatic rings. The lowest BCUT2D eigenvalue weighted by Gasteiger charge is -2.46. The van der Waals surface area contributed by atoms with Crippen molar-refractivity contribution in [2.75, 3.05) is 59.3 Å². The van der Waals surface area contributed by atoms with E-state index in [-0.39, 0.29) is 29.1 Å². The molecule has 0 bridgehead atoms. The van der Waals surface area contributed by atoms with Gasteiger partial charge in [-0.15, -0.1) is 0 Å². The lowest BCUT2D eigenvalue weighted by atomic mass is 9.60. The highest BCUT2D eigenvalue weighted by Crippen LogP contribution is 2.52. The number of carbonyl (C=O) groups is 3. The van der Waals surface area contributed by atoms with Gasteiger partial charge in [-0.1, -0.05) is 0 Å². The Labute approximate surface area is 276 Å². The molecule has 2 saturated heterocycles. The van der Waals surface area contributed by atoms with Gasteiger partial charge in [-0.05, 0) is 90.2 Å². The summed E-state index contributed by atoms with van der Waals surface area (Å²) in [6, 6.07) is 1.71. The molecule has 12 heteroatoms. The number of ketones is 2. The Hall–Kier alpha value is -3.45. The van der Waals surface area contributed by atoms with Crippen molar-refractivity contribution in [1.82, 2.24) is 14.7 Å². The highest BCUT2D eigenvalue weighted by atomic mass is 16.5. The third-order valence-electron chi connectivity index (χ3n) is 11.0. The summed E-state index contributed by atoms with van der Waals surface area (Å²) < 4.78 is 5.93. The van der Waals surface area contributed by atoms with Crippen molar-refractivity contribution in [3.63, 3.8) is 0 Å². The molecule has 0 saturated carbocycles. The van der Waals surface area contributed by atoms with E-state index in [0.717, 1.165) is 44.7 Å². The number of hydrogen-bond donors (Lipinski definition) is 4. The van der Waals surface area contributed by atoms with Crippen LogP contribution in [0.15, 0.2) is 28.7 Å². The van der Waals surface area contributed by atoms with Gasteiger partial charge in [0.1, 0.15) is 22.8 Å². The number of primary amides is 1. The number of likely N-dealkylation sites (N-methyl/N-ethyl adjacent to an activating group) is 1. The Kier molecular flexibility index (Phi) is 8.92. The molecule has 0 aromatic heterocycles. The second-order valence-electron chi connectivity index (χ2n) is 14.7. The molecule has 47 heavy (non-hydrogen) atoms. The topological polar surface area (TPSA) is 160 Å². The standard InChI is InChI=1S/C35H49N5O7/c1-17-14-40(15-18(2)47-17)21-7-9-39(10-8-21)16-20-13-24(37(3)4)22-11-19-12-23-27(32(43)25(19)31(42)26(22)30(20)41)33(44)28(35(36)46)34(45)29(23)38(5)6/h13,17-19,21,23,27,29,41,43,45H,7-12,14-16H2,1-6H3,(H2,36,46)/t17?,18?,19?,23?,27?,29-/m0/s1. The number of aliphatic hydroxyl groups is 2. The van der Waals surface area contributed by atoms with E-state index >= 15 is 0 Å². The van der Waals surface area contributed by atoms with Gasteiger partial charge in [-0.2, -0.15) is 0 Å². The number of phenolic OH excluding ortho intramolecular Hbond substituents is 1. The van der Waals surface area contributed by atoms with Crippen molar-refractivity contribution < 1.29 is 34.4 Å². The number of piperidine rings is 1. The molecular formula is C35H49N5O7. The first kappa shape index (κ1) is 33.5. The highest BCUT2D eigenvalue weighted by molar-refractivity contribution is 6.22. The van der Waals surface area contributed by atoms with Crippen LogP contribution in [0.4, 0.5) is 5.69 Å². The number of anilines is 1. The summed E-state index contributed by atoms with van der Waals surface area (Å²) in [7, 11) is 7.26. The average molecular weight is 652 g/mol. The van der Waals surface area contributed by atoms with Gasteiger partial charge in [0.2, 0.25) is 0 Å². The average Bonchev–Trinajstić information content (AvgIpc) is 2.97. The molecular weight excluding hydrogens is 602 g/mol. The van der Waals surface area contributed by atoms with Crippen LogP contribution in [0.2, 0.25) is 0 Å². The Bertz CT molecular complexity index is 1530. The first-order valence-corrected chi connectivity index (χ1v) is 16.8. The Morgan fingerprint density at radius 3 is 2.23 bits per heavy atom. The lowest BCUT2D eigenvalue weighted by molar-refractivity contribution is -0.127. The van der Waals surface area contributed by atoms with Crippen LogP contribution >= 0.6 is 0 Å². The minimum Gasteiger partial charge on any atom is -0.511 e. The van der Waals surface area contributed by atoms with Gasteiger partial charge in [-0.3, -0.25) is 29.1 Å². The van der Waals surface area contributed by atoms with Crippen LogP contribution in [0.25, 0.3) is 0 Å². The number of aliphatic hydroxyl groups excluding tert-OH is 2. The van der Waals surface area contributed by atoms with Crippen molar-refractivity contribution in [1.29, 1.82) is 0 Å². The molecule has 2 fully saturated rings. The number of carbonyl (C=O) groups excluding carboxylic acids is 3. The van der Waals surface area contributed by atoms with Crippen molar-refractivity contribution >= 4 is 23.2 Å². The van der Waals surface area contributed by atoms with Gasteiger partial charge in [0.25, 0.3) is 5.91 Å². The van der Waals surface area contributed by atoms with Gasteiger partial charge in [0, 0.05) is 56.6 Å². The molecule has 12 nitrogen and oxygen atoms in total. The second-order valence-corrected chi connectivity index (χ2v) is 14.7. The van der Waals surface area contributed by atoms with E-state index in [2.05, 4.69) is 23.6 Å². The number of rotatable bonds is 6. The maximum atomic E-state index is 14.3. The fourth-order valence-corrected chi connectivity index (χ4v) is 9.09. The van der Waals surface area contributed by atoms with Crippen LogP contribution < -0.4 is 10.6 Å². The fraction of sp³-hybridized carbons (Fsp3) is 0.629. The molecule has 1 aromatic carbocycles. The summed E-state index contributed by atoms with van der Waals surface area (Å²) in [4.78, 5) is 48.7. The summed E-state index contributed by atoms with van der Waals surface area (Å²) in [6.45, 7) is 8.31. The van der Waals surface area contributed by atoms with E-state index in [9.17, 15) is 29.7 Å². The fourth-order valence-electron chi connectivity index (χ4n) is 9.09. The molecule has 256 valence electrons. The first-order chi connectivity index (χ1) is 22.2. The number of aromatic hydroxyl groups is 1. The normalized spacial score (nSPS) is 30.8. The molecule has 6 atom stereocenters. The zero-order valence-corrected chi connectivity index (χ0v) is 28.3. The first-order valence-electron chi connectivity index (χ1n) is 16.8. The predicted molar refractivity (Wildman–Crippen MR) is 176 cm³/mol. The zero-order chi connectivity index (χ0) is 34.1. The van der Waals surface area contributed by atoms with E-state index < -0.39 is 58.4 Å². The molecule has 3 aliphatic carbocycles. The van der Waals surface area contributed by atoms with Crippen LogP contribution in [0, 0.1) is 17.8 Å². The molecule has 0 radical (unpaired) electrons. The summed E-state index contributed by atoms with van der Waals surface area (Å²) >= 11 is 0. The van der Waals surface area contributed by atoms with Crippen LogP contribution in [-0.2, 0) is 27.3 Å².